The fourth-order valence-corrected chi connectivity index (χ4v) is 5.14. The first-order valence-corrected chi connectivity index (χ1v) is 14.7. The molecule has 0 saturated heterocycles. The molecule has 0 spiro atoms. The van der Waals surface area contributed by atoms with Crippen molar-refractivity contribution in [3.63, 3.8) is 0 Å². The van der Waals surface area contributed by atoms with Gasteiger partial charge in [-0.2, -0.15) is 13.2 Å². The quantitative estimate of drug-likeness (QED) is 0.160. The van der Waals surface area contributed by atoms with Gasteiger partial charge in [0.15, 0.2) is 0 Å². The number of alkyl halides is 3. The van der Waals surface area contributed by atoms with Crippen LogP contribution >= 0.6 is 23.2 Å². The molecule has 1 heterocycles. The van der Waals surface area contributed by atoms with Gasteiger partial charge in [-0.1, -0.05) is 77.8 Å². The summed E-state index contributed by atoms with van der Waals surface area (Å²) >= 11 is 12.6. The topological polar surface area (TPSA) is 73.2 Å². The van der Waals surface area contributed by atoms with Gasteiger partial charge in [0.05, 0.1) is 23.4 Å². The number of rotatable bonds is 9. The molecule has 0 fully saturated rings. The van der Waals surface area contributed by atoms with Gasteiger partial charge >= 0.3 is 12.1 Å². The van der Waals surface area contributed by atoms with E-state index in [0.29, 0.717) is 50.4 Å². The lowest BCUT2D eigenvalue weighted by Gasteiger charge is -2.09. The van der Waals surface area contributed by atoms with E-state index in [9.17, 15) is 22.8 Å². The smallest absolute Gasteiger partial charge is 0.416 e. The van der Waals surface area contributed by atoms with Gasteiger partial charge in [0.1, 0.15) is 12.4 Å². The summed E-state index contributed by atoms with van der Waals surface area (Å²) in [4.78, 5) is 28.5. The Hall–Kier alpha value is -4.86. The Kier molecular flexibility index (Phi) is 9.94. The number of hydrogen-bond donors (Lipinski definition) is 1. The van der Waals surface area contributed by atoms with Gasteiger partial charge in [0.25, 0.3) is 5.91 Å². The summed E-state index contributed by atoms with van der Waals surface area (Å²) in [7, 11) is 1.25. The highest BCUT2D eigenvalue weighted by Gasteiger charge is 2.30. The molecule has 0 radical (unpaired) electrons. The lowest BCUT2D eigenvalue weighted by atomic mass is 10.0. The summed E-state index contributed by atoms with van der Waals surface area (Å²) in [6, 6.07) is 24.5. The van der Waals surface area contributed by atoms with Crippen molar-refractivity contribution in [2.45, 2.75) is 12.7 Å². The number of methoxy groups -OCH3 is 1. The van der Waals surface area contributed by atoms with Crippen LogP contribution in [0.25, 0.3) is 34.5 Å². The van der Waals surface area contributed by atoms with Crippen LogP contribution in [0.2, 0.25) is 10.0 Å². The first-order chi connectivity index (χ1) is 22.0. The van der Waals surface area contributed by atoms with E-state index in [2.05, 4.69) is 10.1 Å². The van der Waals surface area contributed by atoms with Gasteiger partial charge in [-0.25, -0.2) is 4.98 Å². The third-order valence-electron chi connectivity index (χ3n) is 7.06. The zero-order valence-electron chi connectivity index (χ0n) is 24.3. The number of amides is 1. The number of ether oxygens (including phenoxy) is 1. The van der Waals surface area contributed by atoms with Crippen LogP contribution < -0.4 is 5.32 Å². The van der Waals surface area contributed by atoms with Crippen LogP contribution in [0.3, 0.4) is 0 Å². The van der Waals surface area contributed by atoms with Crippen LogP contribution in [-0.2, 0) is 22.3 Å². The molecule has 11 heteroatoms. The molecule has 0 atom stereocenters. The largest absolute Gasteiger partial charge is 0.468 e. The molecule has 0 aliphatic heterocycles. The number of aromatic nitrogens is 2. The number of esters is 1. The number of halogens is 5. The average Bonchev–Trinajstić information content (AvgIpc) is 3.44. The van der Waals surface area contributed by atoms with E-state index < -0.39 is 23.6 Å². The van der Waals surface area contributed by atoms with Crippen LogP contribution in [0.1, 0.15) is 32.9 Å². The molecule has 4 aromatic carbocycles. The highest BCUT2D eigenvalue weighted by atomic mass is 35.5. The summed E-state index contributed by atoms with van der Waals surface area (Å²) in [5.41, 5.74) is 3.84. The van der Waals surface area contributed by atoms with Crippen LogP contribution in [0.15, 0.2) is 97.2 Å². The second kappa shape index (κ2) is 14.1. The number of carbonyl (C=O) groups is 2. The van der Waals surface area contributed by atoms with Gasteiger partial charge in [-0.3, -0.25) is 9.59 Å². The fourth-order valence-electron chi connectivity index (χ4n) is 4.63. The maximum absolute atomic E-state index is 13.2. The average molecular weight is 665 g/mol. The number of imidazole rings is 1. The summed E-state index contributed by atoms with van der Waals surface area (Å²) in [5.74, 6) is -0.335. The van der Waals surface area contributed by atoms with E-state index in [1.807, 2.05) is 47.2 Å². The van der Waals surface area contributed by atoms with Crippen molar-refractivity contribution < 1.29 is 27.5 Å². The normalized spacial score (nSPS) is 11.5. The molecule has 6 nitrogen and oxygen atoms in total. The predicted molar refractivity (Wildman–Crippen MR) is 173 cm³/mol. The Morgan fingerprint density at radius 2 is 1.65 bits per heavy atom. The molecule has 1 amide bonds. The standard InChI is InChI=1S/C35H26Cl2F3N3O3/c1-46-33(44)19-41-34(45)25-12-7-23(8-13-25)20-43-21-31(29-15-14-28(36)18-30(29)37)42-32(43)16-9-22-5-10-24(11-6-22)26-3-2-4-27(17-26)35(38,39)40/h2-18,21H,19-20H2,1H3,(H,41,45)/b16-9+. The first kappa shape index (κ1) is 32.5. The molecule has 0 aliphatic carbocycles. The van der Waals surface area contributed by atoms with E-state index in [1.54, 1.807) is 48.5 Å². The molecule has 0 saturated carbocycles. The number of benzene rings is 4. The van der Waals surface area contributed by atoms with Crippen molar-refractivity contribution in [1.82, 2.24) is 14.9 Å². The highest BCUT2D eigenvalue weighted by molar-refractivity contribution is 6.36. The molecular weight excluding hydrogens is 638 g/mol. The van der Waals surface area contributed by atoms with Crippen molar-refractivity contribution in [1.29, 1.82) is 0 Å². The first-order valence-electron chi connectivity index (χ1n) is 13.9. The maximum atomic E-state index is 13.2. The van der Waals surface area contributed by atoms with Crippen molar-refractivity contribution in [3.8, 4) is 22.4 Å². The lowest BCUT2D eigenvalue weighted by molar-refractivity contribution is -0.139. The molecule has 234 valence electrons. The molecule has 1 N–H and O–H groups in total. The van der Waals surface area contributed by atoms with Gasteiger partial charge in [-0.15, -0.1) is 0 Å². The van der Waals surface area contributed by atoms with E-state index in [0.717, 1.165) is 23.3 Å². The summed E-state index contributed by atoms with van der Waals surface area (Å²) < 4.78 is 46.0. The lowest BCUT2D eigenvalue weighted by Crippen LogP contribution is -2.30. The van der Waals surface area contributed by atoms with E-state index in [-0.39, 0.29) is 6.54 Å². The summed E-state index contributed by atoms with van der Waals surface area (Å²) in [5, 5.41) is 3.45. The van der Waals surface area contributed by atoms with Gasteiger partial charge < -0.3 is 14.6 Å². The molecule has 0 bridgehead atoms. The molecule has 0 aliphatic rings. The van der Waals surface area contributed by atoms with Crippen LogP contribution in [-0.4, -0.2) is 35.1 Å². The molecule has 5 aromatic rings. The zero-order chi connectivity index (χ0) is 32.8. The Labute approximate surface area is 273 Å². The molecule has 46 heavy (non-hydrogen) atoms. The van der Waals surface area contributed by atoms with E-state index in [4.69, 9.17) is 28.2 Å². The Morgan fingerprint density at radius 1 is 0.913 bits per heavy atom. The van der Waals surface area contributed by atoms with Crippen molar-refractivity contribution >= 4 is 47.2 Å². The number of hydrogen-bond acceptors (Lipinski definition) is 4. The Morgan fingerprint density at radius 3 is 2.33 bits per heavy atom. The Balaban J connectivity index is 1.39. The molecule has 0 unspecified atom stereocenters. The van der Waals surface area contributed by atoms with Gasteiger partial charge in [-0.05, 0) is 70.8 Å². The van der Waals surface area contributed by atoms with E-state index >= 15 is 0 Å². The minimum atomic E-state index is -4.42. The minimum Gasteiger partial charge on any atom is -0.468 e. The van der Waals surface area contributed by atoms with E-state index in [1.165, 1.54) is 13.2 Å². The third-order valence-corrected chi connectivity index (χ3v) is 7.61. The Bertz CT molecular complexity index is 1900. The highest BCUT2D eigenvalue weighted by Crippen LogP contribution is 2.33. The van der Waals surface area contributed by atoms with Crippen LogP contribution in [0.4, 0.5) is 13.2 Å². The van der Waals surface area contributed by atoms with Crippen molar-refractivity contribution in [3.05, 3.63) is 135 Å². The number of nitrogens with zero attached hydrogens (tertiary/aromatic N) is 2. The van der Waals surface area contributed by atoms with Gasteiger partial charge in [0.2, 0.25) is 0 Å². The van der Waals surface area contributed by atoms with Crippen molar-refractivity contribution in [2.24, 2.45) is 0 Å². The fraction of sp³-hybridized carbons (Fsp3) is 0.114. The minimum absolute atomic E-state index is 0.230. The second-order valence-corrected chi connectivity index (χ2v) is 11.1. The van der Waals surface area contributed by atoms with Gasteiger partial charge in [0, 0.05) is 28.9 Å². The van der Waals surface area contributed by atoms with Crippen molar-refractivity contribution in [2.75, 3.05) is 13.7 Å². The SMILES string of the molecule is COC(=O)CNC(=O)c1ccc(Cn2cc(-c3ccc(Cl)cc3Cl)nc2/C=C/c2ccc(-c3cccc(C(F)(F)F)c3)cc2)cc1. The van der Waals surface area contributed by atoms with Crippen LogP contribution in [0, 0.1) is 0 Å². The predicted octanol–water partition coefficient (Wildman–Crippen LogP) is 8.66. The second-order valence-electron chi connectivity index (χ2n) is 10.2. The zero-order valence-corrected chi connectivity index (χ0v) is 25.8. The van der Waals surface area contributed by atoms with Crippen LogP contribution in [0.5, 0.6) is 0 Å². The molecular formula is C35H26Cl2F3N3O3. The molecule has 5 rings (SSSR count). The maximum Gasteiger partial charge on any atom is 0.416 e. The summed E-state index contributed by atoms with van der Waals surface area (Å²) in [6.45, 7) is 0.183. The monoisotopic (exact) mass is 663 g/mol. The number of carbonyl (C=O) groups excluding carboxylic acids is 2. The number of nitrogens with one attached hydrogen (secondary N) is 1. The summed E-state index contributed by atoms with van der Waals surface area (Å²) in [6.07, 6.45) is 1.14. The molecule has 1 aromatic heterocycles. The third kappa shape index (κ3) is 8.04.